The molecule has 0 spiro atoms. The van der Waals surface area contributed by atoms with Gasteiger partial charge in [-0.15, -0.1) is 0 Å². The smallest absolute Gasteiger partial charge is 0.326 e. The molecule has 0 bridgehead atoms. The molecule has 0 radical (unpaired) electrons. The number of hydrogen-bond acceptors (Lipinski definition) is 6. The van der Waals surface area contributed by atoms with Crippen molar-refractivity contribution in [3.05, 3.63) is 6.33 Å². The van der Waals surface area contributed by atoms with Crippen molar-refractivity contribution in [3.63, 3.8) is 0 Å². The molecule has 0 saturated heterocycles. The zero-order chi connectivity index (χ0) is 15.7. The molecule has 7 heteroatoms. The highest BCUT2D eigenvalue weighted by atomic mass is 32.2. The van der Waals surface area contributed by atoms with E-state index in [4.69, 9.17) is 4.74 Å². The van der Waals surface area contributed by atoms with Crippen LogP contribution in [0, 0.1) is 0 Å². The number of nitrogens with one attached hydrogen (secondary N) is 1. The van der Waals surface area contributed by atoms with Crippen LogP contribution in [0.5, 0.6) is 0 Å². The Morgan fingerprint density at radius 1 is 1.48 bits per heavy atom. The molecule has 0 fully saturated rings. The molecule has 21 heavy (non-hydrogen) atoms. The predicted molar refractivity (Wildman–Crippen MR) is 84.3 cm³/mol. The maximum absolute atomic E-state index is 12.0. The van der Waals surface area contributed by atoms with E-state index in [1.807, 2.05) is 27.8 Å². The molecule has 0 amide bonds. The number of nitrogens with zero attached hydrogens (tertiary/aromatic N) is 3. The number of aryl methyl sites for hydroxylation is 1. The van der Waals surface area contributed by atoms with Crippen LogP contribution in [-0.2, 0) is 16.6 Å². The number of esters is 1. The second-order valence-corrected chi connectivity index (χ2v) is 6.12. The van der Waals surface area contributed by atoms with Gasteiger partial charge in [0.2, 0.25) is 0 Å². The van der Waals surface area contributed by atoms with E-state index in [0.717, 1.165) is 36.7 Å². The first kappa shape index (κ1) is 18.0. The summed E-state index contributed by atoms with van der Waals surface area (Å²) in [6, 6.07) is 0. The number of thioether (sulfide) groups is 1. The molecule has 1 rings (SSSR count). The molecular formula is C14H26N4O2S. The first-order chi connectivity index (χ1) is 10.0. The number of carbonyl (C=O) groups is 1. The van der Waals surface area contributed by atoms with Gasteiger partial charge in [0.05, 0.1) is 6.61 Å². The van der Waals surface area contributed by atoms with Crippen LogP contribution in [0.15, 0.2) is 11.5 Å². The minimum atomic E-state index is -0.583. The van der Waals surface area contributed by atoms with E-state index in [2.05, 4.69) is 15.4 Å². The van der Waals surface area contributed by atoms with E-state index in [-0.39, 0.29) is 5.97 Å². The maximum Gasteiger partial charge on any atom is 0.326 e. The Bertz CT molecular complexity index is 438. The molecule has 120 valence electrons. The lowest BCUT2D eigenvalue weighted by Gasteiger charge is -2.28. The molecule has 0 aromatic carbocycles. The molecule has 0 saturated carbocycles. The Labute approximate surface area is 131 Å². The molecule has 0 aliphatic rings. The van der Waals surface area contributed by atoms with Gasteiger partial charge in [-0.3, -0.25) is 4.79 Å². The minimum Gasteiger partial charge on any atom is -0.465 e. The fourth-order valence-electron chi connectivity index (χ4n) is 2.10. The van der Waals surface area contributed by atoms with Crippen LogP contribution >= 0.6 is 11.8 Å². The quantitative estimate of drug-likeness (QED) is 0.405. The monoisotopic (exact) mass is 314 g/mol. The average molecular weight is 314 g/mol. The van der Waals surface area contributed by atoms with Crippen molar-refractivity contribution in [2.75, 3.05) is 18.9 Å². The van der Waals surface area contributed by atoms with Crippen LogP contribution in [0.2, 0.25) is 0 Å². The third-order valence-corrected chi connectivity index (χ3v) is 4.39. The molecule has 0 aliphatic heterocycles. The normalized spacial score (nSPS) is 13.9. The maximum atomic E-state index is 12.0. The van der Waals surface area contributed by atoms with E-state index >= 15 is 0 Å². The van der Waals surface area contributed by atoms with E-state index in [9.17, 15) is 4.79 Å². The number of hydrogen-bond donors (Lipinski definition) is 1. The predicted octanol–water partition coefficient (Wildman–Crippen LogP) is 2.01. The highest BCUT2D eigenvalue weighted by Gasteiger charge is 2.32. The minimum absolute atomic E-state index is 0.159. The molecule has 1 heterocycles. The molecule has 1 unspecified atom stereocenters. The summed E-state index contributed by atoms with van der Waals surface area (Å²) in [5.41, 5.74) is -0.583. The van der Waals surface area contributed by atoms with Gasteiger partial charge in [0, 0.05) is 12.8 Å². The summed E-state index contributed by atoms with van der Waals surface area (Å²) in [5, 5.41) is 8.21. The first-order valence-corrected chi connectivity index (χ1v) is 8.41. The van der Waals surface area contributed by atoms with Gasteiger partial charge in [0.25, 0.3) is 0 Å². The SMILES string of the molecule is CCNC(C)(CCCCSc1ncnn1C)C(=O)OCC. The number of carbonyl (C=O) groups excluding carboxylic acids is 1. The standard InChI is InChI=1S/C14H26N4O2S/c1-5-16-14(3,12(19)20-6-2)9-7-8-10-21-13-15-11-17-18(13)4/h11,16H,5-10H2,1-4H3. The summed E-state index contributed by atoms with van der Waals surface area (Å²) in [6.07, 6.45) is 4.33. The molecule has 1 aromatic rings. The fraction of sp³-hybridized carbons (Fsp3) is 0.786. The topological polar surface area (TPSA) is 69.0 Å². The number of rotatable bonds is 10. The Kier molecular flexibility index (Phi) is 7.74. The lowest BCUT2D eigenvalue weighted by atomic mass is 9.95. The number of aromatic nitrogens is 3. The second kappa shape index (κ2) is 9.04. The molecule has 6 nitrogen and oxygen atoms in total. The third-order valence-electron chi connectivity index (χ3n) is 3.27. The van der Waals surface area contributed by atoms with E-state index in [1.165, 1.54) is 0 Å². The van der Waals surface area contributed by atoms with Crippen molar-refractivity contribution in [2.24, 2.45) is 7.05 Å². The van der Waals surface area contributed by atoms with E-state index < -0.39 is 5.54 Å². The number of ether oxygens (including phenoxy) is 1. The largest absolute Gasteiger partial charge is 0.465 e. The van der Waals surface area contributed by atoms with Crippen LogP contribution < -0.4 is 5.32 Å². The fourth-order valence-corrected chi connectivity index (χ4v) is 2.99. The summed E-state index contributed by atoms with van der Waals surface area (Å²) in [6.45, 7) is 6.93. The van der Waals surface area contributed by atoms with Gasteiger partial charge in [-0.05, 0) is 33.2 Å². The zero-order valence-corrected chi connectivity index (χ0v) is 14.2. The van der Waals surface area contributed by atoms with Gasteiger partial charge >= 0.3 is 5.97 Å². The van der Waals surface area contributed by atoms with Crippen LogP contribution in [0.1, 0.15) is 40.0 Å². The third kappa shape index (κ3) is 5.67. The van der Waals surface area contributed by atoms with Crippen molar-refractivity contribution in [2.45, 2.75) is 50.7 Å². The van der Waals surface area contributed by atoms with Gasteiger partial charge in [-0.1, -0.05) is 25.1 Å². The van der Waals surface area contributed by atoms with Crippen molar-refractivity contribution < 1.29 is 9.53 Å². The Hall–Kier alpha value is -1.08. The van der Waals surface area contributed by atoms with Gasteiger partial charge in [-0.2, -0.15) is 5.10 Å². The van der Waals surface area contributed by atoms with Crippen molar-refractivity contribution in [3.8, 4) is 0 Å². The zero-order valence-electron chi connectivity index (χ0n) is 13.4. The van der Waals surface area contributed by atoms with E-state index in [1.54, 1.807) is 22.8 Å². The average Bonchev–Trinajstić information content (AvgIpc) is 2.84. The Morgan fingerprint density at radius 3 is 2.81 bits per heavy atom. The van der Waals surface area contributed by atoms with Gasteiger partial charge in [-0.25, -0.2) is 9.67 Å². The first-order valence-electron chi connectivity index (χ1n) is 7.42. The van der Waals surface area contributed by atoms with Gasteiger partial charge in [0.15, 0.2) is 5.16 Å². The lowest BCUT2D eigenvalue weighted by molar-refractivity contribution is -0.150. The van der Waals surface area contributed by atoms with Crippen LogP contribution in [-0.4, -0.2) is 45.2 Å². The summed E-state index contributed by atoms with van der Waals surface area (Å²) in [4.78, 5) is 16.2. The summed E-state index contributed by atoms with van der Waals surface area (Å²) >= 11 is 1.69. The summed E-state index contributed by atoms with van der Waals surface area (Å²) in [5.74, 6) is 0.810. The molecule has 1 N–H and O–H groups in total. The van der Waals surface area contributed by atoms with Crippen LogP contribution in [0.4, 0.5) is 0 Å². The van der Waals surface area contributed by atoms with Crippen molar-refractivity contribution in [1.82, 2.24) is 20.1 Å². The van der Waals surface area contributed by atoms with Crippen molar-refractivity contribution in [1.29, 1.82) is 0 Å². The number of likely N-dealkylation sites (N-methyl/N-ethyl adjacent to an activating group) is 1. The van der Waals surface area contributed by atoms with Crippen LogP contribution in [0.25, 0.3) is 0 Å². The van der Waals surface area contributed by atoms with Gasteiger partial charge < -0.3 is 10.1 Å². The van der Waals surface area contributed by atoms with Crippen LogP contribution in [0.3, 0.4) is 0 Å². The second-order valence-electron chi connectivity index (χ2n) is 5.05. The number of unbranched alkanes of at least 4 members (excludes halogenated alkanes) is 1. The highest BCUT2D eigenvalue weighted by molar-refractivity contribution is 7.99. The van der Waals surface area contributed by atoms with Gasteiger partial charge in [0.1, 0.15) is 11.9 Å². The van der Waals surface area contributed by atoms with Crippen molar-refractivity contribution >= 4 is 17.7 Å². The molecule has 0 aliphatic carbocycles. The summed E-state index contributed by atoms with van der Waals surface area (Å²) in [7, 11) is 1.89. The Balaban J connectivity index is 2.33. The molecule has 1 atom stereocenters. The summed E-state index contributed by atoms with van der Waals surface area (Å²) < 4.78 is 6.93. The molecule has 1 aromatic heterocycles. The molecular weight excluding hydrogens is 288 g/mol. The van der Waals surface area contributed by atoms with E-state index in [0.29, 0.717) is 6.61 Å². The Morgan fingerprint density at radius 2 is 2.24 bits per heavy atom. The lowest BCUT2D eigenvalue weighted by Crippen LogP contribution is -2.50. The highest BCUT2D eigenvalue weighted by Crippen LogP contribution is 2.20.